The van der Waals surface area contributed by atoms with E-state index in [1.165, 1.54) is 17.7 Å². The van der Waals surface area contributed by atoms with Crippen LogP contribution in [0.25, 0.3) is 0 Å². The van der Waals surface area contributed by atoms with E-state index in [0.717, 1.165) is 23.9 Å². The normalized spacial score (nSPS) is 14.1. The first-order valence-electron chi connectivity index (χ1n) is 6.69. The summed E-state index contributed by atoms with van der Waals surface area (Å²) in [5, 5.41) is 5.17. The number of thiophene rings is 1. The Kier molecular flexibility index (Phi) is 3.73. The molecule has 1 saturated carbocycles. The first-order chi connectivity index (χ1) is 9.83. The van der Waals surface area contributed by atoms with Gasteiger partial charge in [0.25, 0.3) is 0 Å². The molecule has 6 heteroatoms. The molecule has 2 aromatic heterocycles. The monoisotopic (exact) mass is 290 g/mol. The summed E-state index contributed by atoms with van der Waals surface area (Å²) in [6.45, 7) is 0.874. The molecule has 0 aromatic carbocycles. The molecule has 2 heterocycles. The maximum Gasteiger partial charge on any atom is 0.204 e. The van der Waals surface area contributed by atoms with E-state index in [1.807, 2.05) is 7.05 Å². The number of hydrogen-bond acceptors (Lipinski definition) is 6. The molecule has 1 aliphatic carbocycles. The summed E-state index contributed by atoms with van der Waals surface area (Å²) in [7, 11) is 3.51. The molecule has 0 saturated heterocycles. The minimum absolute atomic E-state index is 0.561. The maximum absolute atomic E-state index is 5.52. The van der Waals surface area contributed by atoms with Gasteiger partial charge in [0.15, 0.2) is 11.6 Å². The van der Waals surface area contributed by atoms with Crippen molar-refractivity contribution >= 4 is 23.0 Å². The fourth-order valence-electron chi connectivity index (χ4n) is 2.27. The van der Waals surface area contributed by atoms with Gasteiger partial charge < -0.3 is 15.0 Å². The van der Waals surface area contributed by atoms with E-state index in [4.69, 9.17) is 4.74 Å². The van der Waals surface area contributed by atoms with Crippen LogP contribution in [-0.4, -0.2) is 30.2 Å². The highest BCUT2D eigenvalue weighted by atomic mass is 32.1. The first-order valence-corrected chi connectivity index (χ1v) is 7.57. The SMILES string of the molecule is CNc1ncnc(N(Cc2cccs2)C2CC2)c1OC. The lowest BCUT2D eigenvalue weighted by Gasteiger charge is -2.25. The molecule has 2 aromatic rings. The summed E-state index contributed by atoms with van der Waals surface area (Å²) in [6, 6.07) is 4.80. The van der Waals surface area contributed by atoms with E-state index in [-0.39, 0.29) is 0 Å². The van der Waals surface area contributed by atoms with Crippen LogP contribution in [0.1, 0.15) is 17.7 Å². The molecular formula is C14H18N4OS. The second-order valence-electron chi connectivity index (χ2n) is 4.77. The fraction of sp³-hybridized carbons (Fsp3) is 0.429. The van der Waals surface area contributed by atoms with Gasteiger partial charge in [-0.25, -0.2) is 9.97 Å². The lowest BCUT2D eigenvalue weighted by molar-refractivity contribution is 0.412. The third-order valence-electron chi connectivity index (χ3n) is 3.39. The number of ether oxygens (including phenoxy) is 1. The largest absolute Gasteiger partial charge is 0.490 e. The number of nitrogens with zero attached hydrogens (tertiary/aromatic N) is 3. The first kappa shape index (κ1) is 13.2. The molecule has 0 atom stereocenters. The second kappa shape index (κ2) is 5.66. The Morgan fingerprint density at radius 2 is 2.30 bits per heavy atom. The van der Waals surface area contributed by atoms with Gasteiger partial charge in [0.05, 0.1) is 13.7 Å². The van der Waals surface area contributed by atoms with Crippen molar-refractivity contribution in [2.45, 2.75) is 25.4 Å². The molecule has 106 valence electrons. The molecule has 1 fully saturated rings. The quantitative estimate of drug-likeness (QED) is 0.886. The summed E-state index contributed by atoms with van der Waals surface area (Å²) in [4.78, 5) is 12.3. The minimum atomic E-state index is 0.561. The van der Waals surface area contributed by atoms with E-state index in [1.54, 1.807) is 24.8 Å². The second-order valence-corrected chi connectivity index (χ2v) is 5.80. The van der Waals surface area contributed by atoms with Crippen molar-refractivity contribution in [3.8, 4) is 5.75 Å². The van der Waals surface area contributed by atoms with Crippen molar-refractivity contribution in [1.82, 2.24) is 9.97 Å². The average molecular weight is 290 g/mol. The number of anilines is 2. The van der Waals surface area contributed by atoms with E-state index in [2.05, 4.69) is 37.7 Å². The molecule has 5 nitrogen and oxygen atoms in total. The topological polar surface area (TPSA) is 50.3 Å². The van der Waals surface area contributed by atoms with Crippen LogP contribution in [0.15, 0.2) is 23.8 Å². The lowest BCUT2D eigenvalue weighted by Crippen LogP contribution is -2.26. The number of aromatic nitrogens is 2. The molecule has 0 aliphatic heterocycles. The molecule has 20 heavy (non-hydrogen) atoms. The Labute approximate surface area is 122 Å². The summed E-state index contributed by atoms with van der Waals surface area (Å²) in [5.74, 6) is 2.33. The molecule has 0 spiro atoms. The van der Waals surface area contributed by atoms with Crippen molar-refractivity contribution < 1.29 is 4.74 Å². The zero-order valence-corrected chi connectivity index (χ0v) is 12.5. The highest BCUT2D eigenvalue weighted by Crippen LogP contribution is 2.39. The van der Waals surface area contributed by atoms with Crippen LogP contribution in [0, 0.1) is 0 Å². The van der Waals surface area contributed by atoms with E-state index in [0.29, 0.717) is 6.04 Å². The molecular weight excluding hydrogens is 272 g/mol. The van der Waals surface area contributed by atoms with Crippen molar-refractivity contribution in [1.29, 1.82) is 0 Å². The third kappa shape index (κ3) is 2.56. The van der Waals surface area contributed by atoms with Crippen LogP contribution in [0.4, 0.5) is 11.6 Å². The Hall–Kier alpha value is -1.82. The number of rotatable bonds is 6. The predicted molar refractivity (Wildman–Crippen MR) is 81.7 cm³/mol. The van der Waals surface area contributed by atoms with Crippen molar-refractivity contribution in [3.63, 3.8) is 0 Å². The van der Waals surface area contributed by atoms with E-state index >= 15 is 0 Å². The van der Waals surface area contributed by atoms with Crippen LogP contribution >= 0.6 is 11.3 Å². The molecule has 1 N–H and O–H groups in total. The van der Waals surface area contributed by atoms with Crippen molar-refractivity contribution in [2.75, 3.05) is 24.4 Å². The zero-order chi connectivity index (χ0) is 13.9. The molecule has 0 amide bonds. The molecule has 0 unspecified atom stereocenters. The predicted octanol–water partition coefficient (Wildman–Crippen LogP) is 2.76. The maximum atomic E-state index is 5.52. The number of methoxy groups -OCH3 is 1. The Morgan fingerprint density at radius 3 is 2.90 bits per heavy atom. The zero-order valence-electron chi connectivity index (χ0n) is 11.7. The van der Waals surface area contributed by atoms with Crippen molar-refractivity contribution in [3.05, 3.63) is 28.7 Å². The highest BCUT2D eigenvalue weighted by molar-refractivity contribution is 7.09. The Bertz CT molecular complexity index is 569. The molecule has 3 rings (SSSR count). The van der Waals surface area contributed by atoms with Gasteiger partial charge in [-0.2, -0.15) is 0 Å². The number of nitrogens with one attached hydrogen (secondary N) is 1. The third-order valence-corrected chi connectivity index (χ3v) is 4.25. The highest BCUT2D eigenvalue weighted by Gasteiger charge is 2.32. The summed E-state index contributed by atoms with van der Waals surface area (Å²) >= 11 is 1.77. The van der Waals surface area contributed by atoms with Gasteiger partial charge in [-0.3, -0.25) is 0 Å². The van der Waals surface area contributed by atoms with E-state index < -0.39 is 0 Å². The van der Waals surface area contributed by atoms with Crippen LogP contribution in [0.5, 0.6) is 5.75 Å². The van der Waals surface area contributed by atoms with E-state index in [9.17, 15) is 0 Å². The van der Waals surface area contributed by atoms with Gasteiger partial charge in [0.2, 0.25) is 5.75 Å². The van der Waals surface area contributed by atoms with Crippen LogP contribution in [-0.2, 0) is 6.54 Å². The van der Waals surface area contributed by atoms with Gasteiger partial charge in [-0.15, -0.1) is 11.3 Å². The van der Waals surface area contributed by atoms with Gasteiger partial charge in [0, 0.05) is 18.0 Å². The van der Waals surface area contributed by atoms with Gasteiger partial charge in [-0.1, -0.05) is 6.07 Å². The number of hydrogen-bond donors (Lipinski definition) is 1. The Morgan fingerprint density at radius 1 is 1.45 bits per heavy atom. The van der Waals surface area contributed by atoms with Gasteiger partial charge in [-0.05, 0) is 24.3 Å². The minimum Gasteiger partial charge on any atom is -0.490 e. The van der Waals surface area contributed by atoms with Crippen molar-refractivity contribution in [2.24, 2.45) is 0 Å². The Balaban J connectivity index is 1.95. The van der Waals surface area contributed by atoms with Gasteiger partial charge in [0.1, 0.15) is 6.33 Å². The van der Waals surface area contributed by atoms with Crippen LogP contribution in [0.2, 0.25) is 0 Å². The van der Waals surface area contributed by atoms with Crippen LogP contribution in [0.3, 0.4) is 0 Å². The summed E-state index contributed by atoms with van der Waals surface area (Å²) < 4.78 is 5.52. The lowest BCUT2D eigenvalue weighted by atomic mass is 10.3. The standard InChI is InChI=1S/C14H18N4OS/c1-15-13-12(19-2)14(17-9-16-13)18(10-5-6-10)8-11-4-3-7-20-11/h3-4,7,9-10H,5-6,8H2,1-2H3,(H,15,16,17). The smallest absolute Gasteiger partial charge is 0.204 e. The molecule has 0 bridgehead atoms. The summed E-state index contributed by atoms with van der Waals surface area (Å²) in [5.41, 5.74) is 0. The molecule has 0 radical (unpaired) electrons. The average Bonchev–Trinajstić information content (AvgIpc) is 3.20. The fourth-order valence-corrected chi connectivity index (χ4v) is 2.97. The van der Waals surface area contributed by atoms with Crippen LogP contribution < -0.4 is 15.0 Å². The summed E-state index contributed by atoms with van der Waals surface area (Å²) in [6.07, 6.45) is 4.02. The van der Waals surface area contributed by atoms with Gasteiger partial charge >= 0.3 is 0 Å². The molecule has 1 aliphatic rings.